The summed E-state index contributed by atoms with van der Waals surface area (Å²) in [7, 11) is 0. The van der Waals surface area contributed by atoms with Crippen LogP contribution < -0.4 is 11.1 Å². The molecule has 3 N–H and O–H groups in total. The first kappa shape index (κ1) is 24.0. The van der Waals surface area contributed by atoms with Gasteiger partial charge in [-0.15, -0.1) is 0 Å². The number of hydrogen-bond acceptors (Lipinski definition) is 9. The van der Waals surface area contributed by atoms with Gasteiger partial charge in [0.2, 0.25) is 5.91 Å². The highest BCUT2D eigenvalue weighted by atomic mass is 16.4. The van der Waals surface area contributed by atoms with Crippen molar-refractivity contribution in [1.29, 1.82) is 0 Å². The van der Waals surface area contributed by atoms with E-state index in [9.17, 15) is 9.59 Å². The molecule has 12 heteroatoms. The van der Waals surface area contributed by atoms with Crippen LogP contribution in [0.25, 0.3) is 22.1 Å². The number of carbonyl (C=O) groups is 2. The molecule has 0 unspecified atom stereocenters. The number of fused-ring (bicyclic) bond motifs is 2. The third kappa shape index (κ3) is 4.58. The second-order valence-corrected chi connectivity index (χ2v) is 9.83. The number of aryl methyl sites for hydroxylation is 1. The molecule has 0 aliphatic carbocycles. The number of aromatic nitrogens is 5. The number of benzene rings is 1. The Morgan fingerprint density at radius 3 is 2.89 bits per heavy atom. The molecule has 1 aromatic carbocycles. The fourth-order valence-electron chi connectivity index (χ4n) is 5.17. The Morgan fingerprint density at radius 2 is 2.05 bits per heavy atom. The molecule has 12 nitrogen and oxygen atoms in total. The van der Waals surface area contributed by atoms with Gasteiger partial charge in [-0.25, -0.2) is 14.6 Å². The van der Waals surface area contributed by atoms with Crippen LogP contribution in [0.15, 0.2) is 41.1 Å². The summed E-state index contributed by atoms with van der Waals surface area (Å²) < 4.78 is 7.35. The zero-order valence-corrected chi connectivity index (χ0v) is 21.1. The van der Waals surface area contributed by atoms with Gasteiger partial charge in [-0.3, -0.25) is 19.8 Å². The number of nitrogens with two attached hydrogens (primary N) is 1. The quantitative estimate of drug-likeness (QED) is 0.370. The highest BCUT2D eigenvalue weighted by Gasteiger charge is 2.31. The summed E-state index contributed by atoms with van der Waals surface area (Å²) >= 11 is 0. The van der Waals surface area contributed by atoms with Gasteiger partial charge < -0.3 is 15.1 Å². The van der Waals surface area contributed by atoms with Crippen molar-refractivity contribution in [2.75, 3.05) is 43.8 Å². The number of carbonyl (C=O) groups excluding carboxylic acids is 2. The maximum atomic E-state index is 13.3. The van der Waals surface area contributed by atoms with Crippen LogP contribution in [-0.4, -0.2) is 79.1 Å². The first-order valence-corrected chi connectivity index (χ1v) is 12.8. The minimum Gasteiger partial charge on any atom is -0.423 e. The number of anilines is 2. The van der Waals surface area contributed by atoms with Crippen molar-refractivity contribution in [3.8, 4) is 0 Å². The maximum absolute atomic E-state index is 13.3. The van der Waals surface area contributed by atoms with Crippen molar-refractivity contribution >= 4 is 45.8 Å². The molecule has 0 radical (unpaired) electrons. The molecule has 1 atom stereocenters. The summed E-state index contributed by atoms with van der Waals surface area (Å²) in [5, 5.41) is 7.63. The number of amides is 2. The molecule has 0 saturated carbocycles. The molecule has 0 bridgehead atoms. The SMILES string of the molecule is Cc1ccc2oc(NC(=O)c3nn([C@@H]4CCN(C(=O)/C=C/CN5CCCC5)C4)c4ncnc(N)c34)nc2c1. The van der Waals surface area contributed by atoms with Gasteiger partial charge in [0.1, 0.15) is 17.7 Å². The molecule has 2 aliphatic rings. The Labute approximate surface area is 218 Å². The predicted molar refractivity (Wildman–Crippen MR) is 141 cm³/mol. The van der Waals surface area contributed by atoms with Crippen molar-refractivity contribution in [3.05, 3.63) is 47.9 Å². The number of hydrogen-bond donors (Lipinski definition) is 2. The van der Waals surface area contributed by atoms with Crippen LogP contribution in [0.3, 0.4) is 0 Å². The van der Waals surface area contributed by atoms with E-state index >= 15 is 0 Å². The smallest absolute Gasteiger partial charge is 0.302 e. The number of nitrogen functional groups attached to an aromatic ring is 1. The Bertz CT molecular complexity index is 1550. The summed E-state index contributed by atoms with van der Waals surface area (Å²) in [6.45, 7) is 5.97. The highest BCUT2D eigenvalue weighted by molar-refractivity contribution is 6.12. The maximum Gasteiger partial charge on any atom is 0.302 e. The third-order valence-corrected chi connectivity index (χ3v) is 7.14. The molecule has 196 valence electrons. The van der Waals surface area contributed by atoms with E-state index in [2.05, 4.69) is 30.3 Å². The normalized spacial score (nSPS) is 18.3. The number of likely N-dealkylation sites (tertiary alicyclic amines) is 2. The van der Waals surface area contributed by atoms with Crippen LogP contribution >= 0.6 is 0 Å². The largest absolute Gasteiger partial charge is 0.423 e. The second-order valence-electron chi connectivity index (χ2n) is 9.83. The molecule has 2 fully saturated rings. The third-order valence-electron chi connectivity index (χ3n) is 7.14. The van der Waals surface area contributed by atoms with Gasteiger partial charge in [0.25, 0.3) is 5.91 Å². The van der Waals surface area contributed by atoms with Gasteiger partial charge in [0, 0.05) is 25.7 Å². The van der Waals surface area contributed by atoms with E-state index < -0.39 is 5.91 Å². The van der Waals surface area contributed by atoms with E-state index in [4.69, 9.17) is 10.2 Å². The van der Waals surface area contributed by atoms with Crippen molar-refractivity contribution in [1.82, 2.24) is 34.5 Å². The van der Waals surface area contributed by atoms with Gasteiger partial charge in [-0.1, -0.05) is 12.1 Å². The number of rotatable bonds is 6. The lowest BCUT2D eigenvalue weighted by atomic mass is 10.2. The Hall–Kier alpha value is -4.32. The molecule has 4 aromatic rings. The van der Waals surface area contributed by atoms with Gasteiger partial charge in [-0.2, -0.15) is 10.1 Å². The minimum absolute atomic E-state index is 0.0264. The van der Waals surface area contributed by atoms with Crippen LogP contribution in [0.1, 0.15) is 41.4 Å². The van der Waals surface area contributed by atoms with Crippen molar-refractivity contribution in [2.24, 2.45) is 0 Å². The van der Waals surface area contributed by atoms with Gasteiger partial charge in [0.15, 0.2) is 16.9 Å². The average Bonchev–Trinajstić information content (AvgIpc) is 3.69. The van der Waals surface area contributed by atoms with Crippen LogP contribution in [-0.2, 0) is 4.79 Å². The molecule has 38 heavy (non-hydrogen) atoms. The molecule has 2 amide bonds. The van der Waals surface area contributed by atoms with Crippen molar-refractivity contribution < 1.29 is 14.0 Å². The van der Waals surface area contributed by atoms with Gasteiger partial charge in [-0.05, 0) is 57.0 Å². The first-order chi connectivity index (χ1) is 18.5. The fraction of sp³-hybridized carbons (Fsp3) is 0.385. The molecule has 5 heterocycles. The van der Waals surface area contributed by atoms with Crippen LogP contribution in [0.4, 0.5) is 11.8 Å². The fourth-order valence-corrected chi connectivity index (χ4v) is 5.17. The monoisotopic (exact) mass is 515 g/mol. The molecule has 0 spiro atoms. The molecule has 6 rings (SSSR count). The minimum atomic E-state index is -0.533. The second kappa shape index (κ2) is 9.86. The molecule has 3 aromatic heterocycles. The highest BCUT2D eigenvalue weighted by Crippen LogP contribution is 2.29. The average molecular weight is 516 g/mol. The zero-order chi connectivity index (χ0) is 26.2. The topological polar surface area (TPSA) is 148 Å². The lowest BCUT2D eigenvalue weighted by Gasteiger charge is -2.15. The summed E-state index contributed by atoms with van der Waals surface area (Å²) in [4.78, 5) is 43.0. The number of oxazole rings is 1. The lowest BCUT2D eigenvalue weighted by molar-refractivity contribution is -0.125. The first-order valence-electron chi connectivity index (χ1n) is 12.8. The summed E-state index contributed by atoms with van der Waals surface area (Å²) in [6, 6.07) is 5.49. The summed E-state index contributed by atoms with van der Waals surface area (Å²) in [5.74, 6) is -0.411. The van der Waals surface area contributed by atoms with E-state index in [1.54, 1.807) is 21.7 Å². The van der Waals surface area contributed by atoms with Crippen molar-refractivity contribution in [3.63, 3.8) is 0 Å². The number of nitrogens with one attached hydrogen (secondary N) is 1. The Kier molecular flexibility index (Phi) is 6.24. The molecule has 2 aliphatic heterocycles. The molecular weight excluding hydrogens is 486 g/mol. The standard InChI is InChI=1S/C26H29N9O3/c1-16-6-7-19-18(13-16)30-26(38-19)31-25(37)22-21-23(27)28-15-29-24(21)35(32-22)17-8-12-34(14-17)20(36)5-4-11-33-9-2-3-10-33/h4-7,13,15,17H,2-3,8-12,14H2,1H3,(H2,27,28,29)(H,30,31,37)/b5-4+/t17-/m1/s1. The summed E-state index contributed by atoms with van der Waals surface area (Å²) in [6.07, 6.45) is 8.06. The van der Waals surface area contributed by atoms with Crippen molar-refractivity contribution in [2.45, 2.75) is 32.2 Å². The number of nitrogens with zero attached hydrogens (tertiary/aromatic N) is 7. The predicted octanol–water partition coefficient (Wildman–Crippen LogP) is 2.54. The van der Waals surface area contributed by atoms with E-state index in [1.165, 1.54) is 19.2 Å². The van der Waals surface area contributed by atoms with E-state index in [-0.39, 0.29) is 29.5 Å². The molecule has 2 saturated heterocycles. The van der Waals surface area contributed by atoms with Gasteiger partial charge >= 0.3 is 6.01 Å². The zero-order valence-electron chi connectivity index (χ0n) is 21.1. The van der Waals surface area contributed by atoms with E-state index in [1.807, 2.05) is 25.1 Å². The Balaban J connectivity index is 1.21. The van der Waals surface area contributed by atoms with Crippen LogP contribution in [0, 0.1) is 6.92 Å². The van der Waals surface area contributed by atoms with E-state index in [0.717, 1.165) is 25.2 Å². The van der Waals surface area contributed by atoms with Crippen LogP contribution in [0.5, 0.6) is 0 Å². The Morgan fingerprint density at radius 1 is 1.21 bits per heavy atom. The van der Waals surface area contributed by atoms with Gasteiger partial charge in [0.05, 0.1) is 11.4 Å². The summed E-state index contributed by atoms with van der Waals surface area (Å²) in [5.41, 5.74) is 8.92. The van der Waals surface area contributed by atoms with E-state index in [0.29, 0.717) is 41.6 Å². The van der Waals surface area contributed by atoms with Crippen LogP contribution in [0.2, 0.25) is 0 Å². The molecular formula is C26H29N9O3. The lowest BCUT2D eigenvalue weighted by Crippen LogP contribution is -2.28.